The number of hydrogen-bond acceptors (Lipinski definition) is 4. The lowest BCUT2D eigenvalue weighted by atomic mass is 9.98. The van der Waals surface area contributed by atoms with E-state index >= 15 is 0 Å². The molecule has 37 heavy (non-hydrogen) atoms. The highest BCUT2D eigenvalue weighted by Gasteiger charge is 2.51. The number of hydrogen-bond donors (Lipinski definition) is 1. The molecule has 4 amide bonds. The molecule has 1 N–H and O–H groups in total. The van der Waals surface area contributed by atoms with Gasteiger partial charge in [-0.2, -0.15) is 0 Å². The number of carbonyl (C=O) groups excluding carboxylic acids is 3. The maximum atomic E-state index is 13.9. The fourth-order valence-corrected chi connectivity index (χ4v) is 5.07. The van der Waals surface area contributed by atoms with Gasteiger partial charge in [0.1, 0.15) is 12.2 Å². The van der Waals surface area contributed by atoms with Gasteiger partial charge in [0.05, 0.1) is 13.1 Å². The molecule has 3 aromatic rings. The molecule has 8 nitrogen and oxygen atoms in total. The summed E-state index contributed by atoms with van der Waals surface area (Å²) in [5, 5.41) is 6.21. The number of nitrogens with one attached hydrogen (secondary N) is 1. The van der Waals surface area contributed by atoms with Gasteiger partial charge < -0.3 is 15.1 Å². The van der Waals surface area contributed by atoms with Crippen molar-refractivity contribution in [2.24, 2.45) is 0 Å². The van der Waals surface area contributed by atoms with Gasteiger partial charge in [0.15, 0.2) is 0 Å². The second kappa shape index (κ2) is 10.4. The summed E-state index contributed by atoms with van der Waals surface area (Å²) in [4.78, 5) is 44.1. The van der Waals surface area contributed by atoms with Crippen LogP contribution >= 0.6 is 0 Å². The number of hydrazine groups is 1. The molecule has 2 saturated heterocycles. The third-order valence-electron chi connectivity index (χ3n) is 6.93. The van der Waals surface area contributed by atoms with E-state index < -0.39 is 12.2 Å². The van der Waals surface area contributed by atoms with Crippen molar-refractivity contribution in [1.29, 1.82) is 0 Å². The monoisotopic (exact) mass is 497 g/mol. The minimum atomic E-state index is -0.809. The average Bonchev–Trinajstić information content (AvgIpc) is 2.90. The largest absolute Gasteiger partial charge is 0.334 e. The van der Waals surface area contributed by atoms with Gasteiger partial charge in [-0.15, -0.1) is 0 Å². The highest BCUT2D eigenvalue weighted by Crippen LogP contribution is 2.35. The number of benzene rings is 3. The van der Waals surface area contributed by atoms with Crippen molar-refractivity contribution in [2.75, 3.05) is 20.1 Å². The summed E-state index contributed by atoms with van der Waals surface area (Å²) < 4.78 is 0. The first kappa shape index (κ1) is 24.5. The Balaban J connectivity index is 1.47. The molecule has 0 bridgehead atoms. The quantitative estimate of drug-likeness (QED) is 0.587. The van der Waals surface area contributed by atoms with E-state index in [1.165, 1.54) is 0 Å². The molecule has 8 heteroatoms. The molecular weight excluding hydrogens is 466 g/mol. The summed E-state index contributed by atoms with van der Waals surface area (Å²) in [7, 11) is 1.73. The van der Waals surface area contributed by atoms with Gasteiger partial charge in [-0.25, -0.2) is 14.8 Å². The number of amides is 4. The first-order chi connectivity index (χ1) is 17.9. The van der Waals surface area contributed by atoms with Crippen molar-refractivity contribution >= 4 is 17.8 Å². The Morgan fingerprint density at radius 3 is 2.22 bits per heavy atom. The number of fused-ring (bicyclic) bond motifs is 1. The normalized spacial score (nSPS) is 20.1. The molecule has 2 heterocycles. The number of carbonyl (C=O) groups is 3. The Labute approximate surface area is 217 Å². The Bertz CT molecular complexity index is 1270. The van der Waals surface area contributed by atoms with Gasteiger partial charge in [0, 0.05) is 20.1 Å². The maximum absolute atomic E-state index is 13.9. The van der Waals surface area contributed by atoms with E-state index in [1.54, 1.807) is 26.9 Å². The van der Waals surface area contributed by atoms with Crippen LogP contribution in [0.5, 0.6) is 0 Å². The molecule has 2 aliphatic rings. The molecule has 0 saturated carbocycles. The zero-order chi connectivity index (χ0) is 25.9. The second-order valence-corrected chi connectivity index (χ2v) is 9.60. The van der Waals surface area contributed by atoms with Crippen LogP contribution in [0.25, 0.3) is 0 Å². The molecule has 5 rings (SSSR count). The number of aryl methyl sites for hydroxylation is 1. The van der Waals surface area contributed by atoms with Crippen LogP contribution in [0.2, 0.25) is 0 Å². The van der Waals surface area contributed by atoms with Crippen LogP contribution < -0.4 is 5.32 Å². The second-order valence-electron chi connectivity index (χ2n) is 9.60. The lowest BCUT2D eigenvalue weighted by Gasteiger charge is -2.54. The molecular formula is C29H31N5O3. The molecule has 0 aromatic heterocycles. The van der Waals surface area contributed by atoms with Crippen LogP contribution in [0.1, 0.15) is 28.3 Å². The summed E-state index contributed by atoms with van der Waals surface area (Å²) >= 11 is 0. The topological polar surface area (TPSA) is 76.2 Å². The fourth-order valence-electron chi connectivity index (χ4n) is 5.07. The lowest BCUT2D eigenvalue weighted by molar-refractivity contribution is -0.188. The number of nitrogens with zero attached hydrogens (tertiary/aromatic N) is 4. The number of urea groups is 1. The maximum Gasteiger partial charge on any atom is 0.334 e. The minimum Gasteiger partial charge on any atom is -0.333 e. The van der Waals surface area contributed by atoms with Gasteiger partial charge in [-0.1, -0.05) is 90.5 Å². The standard InChI is InChI=1S/C29H31N5O3/c1-21-13-15-23(16-14-21)18-32-19-25-33(27(28(32)36)24-11-7-4-8-12-24)26(35)20-31(2)34(25)29(37)30-17-22-9-5-3-6-10-22/h3-16,25,27H,17-20H2,1-2H3,(H,30,37)/t25-,27-/m0/s1. The van der Waals surface area contributed by atoms with Crippen LogP contribution in [0.3, 0.4) is 0 Å². The minimum absolute atomic E-state index is 0.00380. The third kappa shape index (κ3) is 5.06. The van der Waals surface area contributed by atoms with Crippen LogP contribution in [0.4, 0.5) is 4.79 Å². The van der Waals surface area contributed by atoms with E-state index in [2.05, 4.69) is 5.32 Å². The van der Waals surface area contributed by atoms with Crippen LogP contribution in [-0.4, -0.2) is 64.0 Å². The summed E-state index contributed by atoms with van der Waals surface area (Å²) in [6.07, 6.45) is -0.643. The van der Waals surface area contributed by atoms with Crippen LogP contribution in [-0.2, 0) is 22.7 Å². The van der Waals surface area contributed by atoms with Gasteiger partial charge in [0.2, 0.25) is 5.91 Å². The van der Waals surface area contributed by atoms with Gasteiger partial charge >= 0.3 is 6.03 Å². The van der Waals surface area contributed by atoms with Gasteiger partial charge in [0.25, 0.3) is 5.91 Å². The van der Waals surface area contributed by atoms with Gasteiger partial charge in [-0.05, 0) is 23.6 Å². The fraction of sp³-hybridized carbons (Fsp3) is 0.276. The van der Waals surface area contributed by atoms with Crippen molar-refractivity contribution in [3.8, 4) is 0 Å². The molecule has 3 aromatic carbocycles. The molecule has 0 spiro atoms. The predicted octanol–water partition coefficient (Wildman–Crippen LogP) is 3.31. The van der Waals surface area contributed by atoms with Crippen molar-refractivity contribution in [3.63, 3.8) is 0 Å². The molecule has 2 atom stereocenters. The van der Waals surface area contributed by atoms with Crippen LogP contribution in [0, 0.1) is 6.92 Å². The first-order valence-electron chi connectivity index (χ1n) is 12.4. The molecule has 2 aliphatic heterocycles. The average molecular weight is 498 g/mol. The van der Waals surface area contributed by atoms with E-state index in [9.17, 15) is 14.4 Å². The van der Waals surface area contributed by atoms with Crippen molar-refractivity contribution in [2.45, 2.75) is 32.2 Å². The SMILES string of the molecule is Cc1ccc(CN2C[C@H]3N(C(=O)CN(C)N3C(=O)NCc3ccccc3)[C@@H](c3ccccc3)C2=O)cc1. The zero-order valence-corrected chi connectivity index (χ0v) is 21.1. The van der Waals surface area contributed by atoms with Crippen molar-refractivity contribution in [3.05, 3.63) is 107 Å². The predicted molar refractivity (Wildman–Crippen MR) is 140 cm³/mol. The van der Waals surface area contributed by atoms with Crippen LogP contribution in [0.15, 0.2) is 84.9 Å². The summed E-state index contributed by atoms with van der Waals surface area (Å²) in [6, 6.07) is 25.9. The van der Waals surface area contributed by atoms with E-state index in [0.717, 1.165) is 22.3 Å². The Kier molecular flexibility index (Phi) is 6.92. The lowest BCUT2D eigenvalue weighted by Crippen LogP contribution is -2.73. The van der Waals surface area contributed by atoms with Crippen molar-refractivity contribution in [1.82, 2.24) is 25.1 Å². The van der Waals surface area contributed by atoms with E-state index in [4.69, 9.17) is 0 Å². The summed E-state index contributed by atoms with van der Waals surface area (Å²) in [6.45, 7) is 2.99. The summed E-state index contributed by atoms with van der Waals surface area (Å²) in [5.74, 6) is -0.331. The Hall–Kier alpha value is -4.17. The number of piperazine rings is 1. The molecule has 190 valence electrons. The number of rotatable bonds is 5. The van der Waals surface area contributed by atoms with Crippen molar-refractivity contribution < 1.29 is 14.4 Å². The summed E-state index contributed by atoms with van der Waals surface area (Å²) in [5.41, 5.74) is 3.84. The third-order valence-corrected chi connectivity index (χ3v) is 6.93. The smallest absolute Gasteiger partial charge is 0.333 e. The molecule has 0 aliphatic carbocycles. The molecule has 0 radical (unpaired) electrons. The highest BCUT2D eigenvalue weighted by atomic mass is 16.2. The zero-order valence-electron chi connectivity index (χ0n) is 21.1. The van der Waals surface area contributed by atoms with E-state index in [1.807, 2.05) is 91.9 Å². The highest BCUT2D eigenvalue weighted by molar-refractivity contribution is 5.92. The first-order valence-corrected chi connectivity index (χ1v) is 12.4. The number of likely N-dealkylation sites (N-methyl/N-ethyl adjacent to an activating group) is 1. The van der Waals surface area contributed by atoms with E-state index in [0.29, 0.717) is 13.1 Å². The molecule has 0 unspecified atom stereocenters. The van der Waals surface area contributed by atoms with Gasteiger partial charge in [-0.3, -0.25) is 9.59 Å². The Morgan fingerprint density at radius 2 is 1.54 bits per heavy atom. The molecule has 2 fully saturated rings. The van der Waals surface area contributed by atoms with E-state index in [-0.39, 0.29) is 30.9 Å². The Morgan fingerprint density at radius 1 is 0.892 bits per heavy atom.